The van der Waals surface area contributed by atoms with Gasteiger partial charge in [0.25, 0.3) is 0 Å². The second kappa shape index (κ2) is 12.7. The third kappa shape index (κ3) is 7.64. The molecule has 3 amide bonds. The molecule has 0 bridgehead atoms. The molecule has 0 spiro atoms. The molecule has 3 aliphatic heterocycles. The number of pyridine rings is 1. The molecular formula is C34H46FN5O5. The van der Waals surface area contributed by atoms with Crippen molar-refractivity contribution in [2.75, 3.05) is 50.8 Å². The Morgan fingerprint density at radius 1 is 1.09 bits per heavy atom. The zero-order chi connectivity index (χ0) is 32.7. The molecule has 0 saturated carbocycles. The van der Waals surface area contributed by atoms with Gasteiger partial charge in [-0.25, -0.2) is 9.18 Å². The van der Waals surface area contributed by atoms with Gasteiger partial charge in [-0.1, -0.05) is 26.0 Å². The topological polar surface area (TPSA) is 95.5 Å². The average molecular weight is 624 g/mol. The molecule has 1 aromatic carbocycles. The number of nitrogens with zero attached hydrogens (tertiary/aromatic N) is 5. The summed E-state index contributed by atoms with van der Waals surface area (Å²) < 4.78 is 24.7. The number of aromatic nitrogens is 1. The highest BCUT2D eigenvalue weighted by Crippen LogP contribution is 2.40. The lowest BCUT2D eigenvalue weighted by Gasteiger charge is -2.47. The average Bonchev–Trinajstić information content (AvgIpc) is 3.22. The maximum atomic E-state index is 14.1. The Kier molecular flexibility index (Phi) is 9.24. The van der Waals surface area contributed by atoms with Gasteiger partial charge in [0.15, 0.2) is 0 Å². The molecule has 2 saturated heterocycles. The number of hydrogen-bond donors (Lipinski definition) is 0. The van der Waals surface area contributed by atoms with Gasteiger partial charge >= 0.3 is 6.09 Å². The minimum Gasteiger partial charge on any atom is -0.444 e. The molecule has 2 fully saturated rings. The second-order valence-corrected chi connectivity index (χ2v) is 14.4. The normalized spacial score (nSPS) is 23.7. The fourth-order valence-electron chi connectivity index (χ4n) is 6.45. The number of morpholine rings is 1. The van der Waals surface area contributed by atoms with Crippen molar-refractivity contribution in [3.63, 3.8) is 0 Å². The first kappa shape index (κ1) is 32.8. The maximum absolute atomic E-state index is 14.1. The van der Waals surface area contributed by atoms with E-state index in [4.69, 9.17) is 14.5 Å². The summed E-state index contributed by atoms with van der Waals surface area (Å²) in [5.74, 6) is -0.444. The van der Waals surface area contributed by atoms with E-state index in [-0.39, 0.29) is 54.4 Å². The molecule has 45 heavy (non-hydrogen) atoms. The summed E-state index contributed by atoms with van der Waals surface area (Å²) >= 11 is 0. The molecule has 3 aliphatic rings. The molecule has 0 radical (unpaired) electrons. The summed E-state index contributed by atoms with van der Waals surface area (Å²) in [4.78, 5) is 52.3. The zero-order valence-corrected chi connectivity index (χ0v) is 27.5. The van der Waals surface area contributed by atoms with Crippen LogP contribution in [0.5, 0.6) is 0 Å². The van der Waals surface area contributed by atoms with Crippen LogP contribution < -0.4 is 4.90 Å². The Morgan fingerprint density at radius 3 is 2.49 bits per heavy atom. The predicted octanol–water partition coefficient (Wildman–Crippen LogP) is 3.99. The summed E-state index contributed by atoms with van der Waals surface area (Å²) in [5.41, 5.74) is 2.57. The monoisotopic (exact) mass is 623 g/mol. The van der Waals surface area contributed by atoms with Crippen LogP contribution in [0.25, 0.3) is 0 Å². The van der Waals surface area contributed by atoms with Gasteiger partial charge in [0, 0.05) is 56.4 Å². The van der Waals surface area contributed by atoms with Gasteiger partial charge in [0.05, 0.1) is 24.0 Å². The highest BCUT2D eigenvalue weighted by atomic mass is 19.1. The van der Waals surface area contributed by atoms with Gasteiger partial charge in [0.2, 0.25) is 11.8 Å². The van der Waals surface area contributed by atoms with E-state index < -0.39 is 11.7 Å². The van der Waals surface area contributed by atoms with Crippen LogP contribution in [0.1, 0.15) is 65.3 Å². The van der Waals surface area contributed by atoms with Gasteiger partial charge < -0.3 is 24.2 Å². The summed E-state index contributed by atoms with van der Waals surface area (Å²) in [6.45, 7) is 15.8. The quantitative estimate of drug-likeness (QED) is 0.480. The van der Waals surface area contributed by atoms with E-state index in [1.54, 1.807) is 21.9 Å². The number of benzene rings is 1. The molecule has 2 aromatic rings. The third-order valence-electron chi connectivity index (χ3n) is 8.71. The van der Waals surface area contributed by atoms with Gasteiger partial charge in [-0.2, -0.15) is 0 Å². The largest absolute Gasteiger partial charge is 0.444 e. The Balaban J connectivity index is 1.37. The molecule has 1 aromatic heterocycles. The number of fused-ring (bicyclic) bond motifs is 1. The van der Waals surface area contributed by atoms with Crippen molar-refractivity contribution in [3.8, 4) is 0 Å². The van der Waals surface area contributed by atoms with E-state index >= 15 is 0 Å². The van der Waals surface area contributed by atoms with Crippen molar-refractivity contribution in [1.82, 2.24) is 19.7 Å². The highest BCUT2D eigenvalue weighted by Gasteiger charge is 2.43. The second-order valence-electron chi connectivity index (χ2n) is 14.4. The minimum absolute atomic E-state index is 0.0197. The van der Waals surface area contributed by atoms with Crippen molar-refractivity contribution in [1.29, 1.82) is 0 Å². The summed E-state index contributed by atoms with van der Waals surface area (Å²) in [6, 6.07) is 7.95. The number of rotatable bonds is 6. The number of anilines is 1. The van der Waals surface area contributed by atoms with Crippen molar-refractivity contribution in [2.45, 2.75) is 84.1 Å². The minimum atomic E-state index is -0.644. The van der Waals surface area contributed by atoms with E-state index in [1.165, 1.54) is 12.1 Å². The van der Waals surface area contributed by atoms with Crippen molar-refractivity contribution < 1.29 is 28.2 Å². The van der Waals surface area contributed by atoms with E-state index in [9.17, 15) is 18.8 Å². The molecule has 11 heteroatoms. The zero-order valence-electron chi connectivity index (χ0n) is 27.5. The van der Waals surface area contributed by atoms with E-state index in [2.05, 4.69) is 18.7 Å². The van der Waals surface area contributed by atoms with Crippen molar-refractivity contribution in [2.24, 2.45) is 0 Å². The molecule has 0 unspecified atom stereocenters. The van der Waals surface area contributed by atoms with E-state index in [0.29, 0.717) is 39.1 Å². The van der Waals surface area contributed by atoms with E-state index in [1.807, 2.05) is 51.8 Å². The Bertz CT molecular complexity index is 1430. The molecule has 0 aliphatic carbocycles. The first-order chi connectivity index (χ1) is 21.1. The summed E-state index contributed by atoms with van der Waals surface area (Å²) in [6.07, 6.45) is 1.91. The molecule has 0 N–H and O–H groups in total. The highest BCUT2D eigenvalue weighted by molar-refractivity contribution is 5.97. The van der Waals surface area contributed by atoms with Crippen LogP contribution >= 0.6 is 0 Å². The number of halogens is 1. The van der Waals surface area contributed by atoms with Crippen LogP contribution in [0.4, 0.5) is 14.9 Å². The standard InChI is InChI=1S/C34H46FN5O5/c1-22-15-37(27(17-38-16-23(2)44-20-30(38)42)18-39(22)32(43)45-33(3,4)5)19-29(41)40-21-34(6,7)31-28(40)13-25(14-36-31)12-24-8-10-26(35)11-9-24/h8-11,13-14,22-23,27H,12,15-21H2,1-7H3/t22-,23+,27+/m1/s1. The molecular weight excluding hydrogens is 577 g/mol. The number of carbonyl (C=O) groups is 3. The van der Waals surface area contributed by atoms with Crippen molar-refractivity contribution in [3.05, 3.63) is 59.2 Å². The Morgan fingerprint density at radius 2 is 1.80 bits per heavy atom. The van der Waals surface area contributed by atoms with Crippen LogP contribution in [0, 0.1) is 5.82 Å². The number of amides is 3. The third-order valence-corrected chi connectivity index (χ3v) is 8.71. The molecule has 10 nitrogen and oxygen atoms in total. The Hall–Kier alpha value is -3.57. The number of piperazine rings is 1. The summed E-state index contributed by atoms with van der Waals surface area (Å²) in [5, 5.41) is 0. The summed E-state index contributed by atoms with van der Waals surface area (Å²) in [7, 11) is 0. The number of carbonyl (C=O) groups excluding carboxylic acids is 3. The molecule has 3 atom stereocenters. The van der Waals surface area contributed by atoms with Crippen LogP contribution in [0.3, 0.4) is 0 Å². The number of hydrogen-bond acceptors (Lipinski definition) is 7. The van der Waals surface area contributed by atoms with Gasteiger partial charge in [0.1, 0.15) is 18.0 Å². The lowest BCUT2D eigenvalue weighted by atomic mass is 9.91. The van der Waals surface area contributed by atoms with E-state index in [0.717, 1.165) is 22.5 Å². The van der Waals surface area contributed by atoms with Crippen LogP contribution in [-0.4, -0.2) is 107 Å². The lowest BCUT2D eigenvalue weighted by molar-refractivity contribution is -0.149. The molecule has 4 heterocycles. The fraction of sp³-hybridized carbons (Fsp3) is 0.588. The van der Waals surface area contributed by atoms with Gasteiger partial charge in [-0.15, -0.1) is 0 Å². The van der Waals surface area contributed by atoms with Crippen LogP contribution in [0.2, 0.25) is 0 Å². The Labute approximate surface area is 265 Å². The van der Waals surface area contributed by atoms with Crippen LogP contribution in [-0.2, 0) is 30.9 Å². The first-order valence-corrected chi connectivity index (χ1v) is 15.8. The fourth-order valence-corrected chi connectivity index (χ4v) is 6.45. The maximum Gasteiger partial charge on any atom is 0.410 e. The first-order valence-electron chi connectivity index (χ1n) is 15.8. The predicted molar refractivity (Wildman–Crippen MR) is 169 cm³/mol. The van der Waals surface area contributed by atoms with Gasteiger partial charge in [-0.05, 0) is 70.4 Å². The SMILES string of the molecule is C[C@@H]1CN(CC(=O)N2CC(C)(C)c3ncc(Cc4ccc(F)cc4)cc32)[C@@H](CN2C[C@H](C)OCC2=O)CN1C(=O)OC(C)(C)C. The smallest absolute Gasteiger partial charge is 0.410 e. The number of ether oxygens (including phenoxy) is 2. The lowest BCUT2D eigenvalue weighted by Crippen LogP contribution is -2.64. The van der Waals surface area contributed by atoms with Crippen LogP contribution in [0.15, 0.2) is 36.5 Å². The van der Waals surface area contributed by atoms with Gasteiger partial charge in [-0.3, -0.25) is 19.5 Å². The molecule has 244 valence electrons. The molecule has 5 rings (SSSR count). The van der Waals surface area contributed by atoms with Crippen molar-refractivity contribution >= 4 is 23.6 Å².